The molecule has 1 N–H and O–H groups in total. The van der Waals surface area contributed by atoms with Crippen LogP contribution in [0.4, 0.5) is 4.39 Å². The monoisotopic (exact) mass is 283 g/mol. The van der Waals surface area contributed by atoms with Crippen LogP contribution in [0.25, 0.3) is 0 Å². The first-order valence-electron chi connectivity index (χ1n) is 6.34. The molecular weight excluding hydrogens is 265 g/mol. The van der Waals surface area contributed by atoms with E-state index < -0.39 is 30.8 Å². The van der Waals surface area contributed by atoms with E-state index in [1.54, 1.807) is 13.0 Å². The number of carbonyl (C=O) groups excluding carboxylic acids is 1. The molecule has 0 fully saturated rings. The van der Waals surface area contributed by atoms with E-state index in [9.17, 15) is 14.0 Å². The first-order chi connectivity index (χ1) is 9.45. The van der Waals surface area contributed by atoms with Crippen molar-refractivity contribution < 1.29 is 23.8 Å². The van der Waals surface area contributed by atoms with E-state index in [0.29, 0.717) is 6.42 Å². The van der Waals surface area contributed by atoms with Gasteiger partial charge in [-0.05, 0) is 25.5 Å². The molecule has 0 aliphatic rings. The Bertz CT molecular complexity index is 478. The lowest BCUT2D eigenvalue weighted by molar-refractivity contribution is -0.147. The van der Waals surface area contributed by atoms with Gasteiger partial charge in [-0.2, -0.15) is 0 Å². The second-order valence-corrected chi connectivity index (χ2v) is 4.39. The molecule has 1 atom stereocenters. The van der Waals surface area contributed by atoms with Gasteiger partial charge in [0.2, 0.25) is 0 Å². The Kier molecular flexibility index (Phi) is 5.96. The Morgan fingerprint density at radius 1 is 1.40 bits per heavy atom. The number of nitrogens with zero attached hydrogens (tertiary/aromatic N) is 1. The highest BCUT2D eigenvalue weighted by Gasteiger charge is 2.22. The van der Waals surface area contributed by atoms with Gasteiger partial charge in [-0.25, -0.2) is 4.39 Å². The SMILES string of the molecule is CCC(C)N(CC(=O)O)C(=O)COc1ccccc1F. The maximum atomic E-state index is 13.3. The van der Waals surface area contributed by atoms with Gasteiger partial charge in [0, 0.05) is 6.04 Å². The minimum Gasteiger partial charge on any atom is -0.481 e. The van der Waals surface area contributed by atoms with Gasteiger partial charge in [-0.1, -0.05) is 19.1 Å². The van der Waals surface area contributed by atoms with Crippen molar-refractivity contribution in [3.05, 3.63) is 30.1 Å². The van der Waals surface area contributed by atoms with Crippen LogP contribution >= 0.6 is 0 Å². The molecule has 0 spiro atoms. The van der Waals surface area contributed by atoms with Crippen molar-refractivity contribution >= 4 is 11.9 Å². The minimum atomic E-state index is -1.09. The fraction of sp³-hybridized carbons (Fsp3) is 0.429. The van der Waals surface area contributed by atoms with E-state index in [1.165, 1.54) is 23.1 Å². The van der Waals surface area contributed by atoms with Crippen LogP contribution in [0.2, 0.25) is 0 Å². The van der Waals surface area contributed by atoms with Crippen molar-refractivity contribution in [1.29, 1.82) is 0 Å². The zero-order chi connectivity index (χ0) is 15.1. The summed E-state index contributed by atoms with van der Waals surface area (Å²) in [5, 5.41) is 8.81. The van der Waals surface area contributed by atoms with Gasteiger partial charge in [-0.3, -0.25) is 9.59 Å². The predicted octanol–water partition coefficient (Wildman–Crippen LogP) is 1.92. The van der Waals surface area contributed by atoms with E-state index in [-0.39, 0.29) is 11.8 Å². The summed E-state index contributed by atoms with van der Waals surface area (Å²) in [5.74, 6) is -2.16. The van der Waals surface area contributed by atoms with Crippen molar-refractivity contribution in [1.82, 2.24) is 4.90 Å². The number of para-hydroxylation sites is 1. The zero-order valence-corrected chi connectivity index (χ0v) is 11.5. The Morgan fingerprint density at radius 2 is 2.05 bits per heavy atom. The number of rotatable bonds is 7. The largest absolute Gasteiger partial charge is 0.481 e. The highest BCUT2D eigenvalue weighted by molar-refractivity contribution is 5.82. The highest BCUT2D eigenvalue weighted by atomic mass is 19.1. The average Bonchev–Trinajstić information content (AvgIpc) is 2.42. The first-order valence-corrected chi connectivity index (χ1v) is 6.34. The summed E-state index contributed by atoms with van der Waals surface area (Å²) in [7, 11) is 0. The molecule has 1 rings (SSSR count). The van der Waals surface area contributed by atoms with Crippen LogP contribution in [0, 0.1) is 5.82 Å². The van der Waals surface area contributed by atoms with Crippen LogP contribution in [-0.4, -0.2) is 41.1 Å². The number of carbonyl (C=O) groups is 2. The second kappa shape index (κ2) is 7.47. The van der Waals surface area contributed by atoms with Gasteiger partial charge in [-0.15, -0.1) is 0 Å². The topological polar surface area (TPSA) is 66.8 Å². The van der Waals surface area contributed by atoms with Crippen LogP contribution in [0.3, 0.4) is 0 Å². The number of amides is 1. The quantitative estimate of drug-likeness (QED) is 0.830. The molecule has 110 valence electrons. The maximum absolute atomic E-state index is 13.3. The van der Waals surface area contributed by atoms with E-state index in [0.717, 1.165) is 0 Å². The number of carboxylic acid groups (broad SMARTS) is 1. The van der Waals surface area contributed by atoms with Crippen molar-refractivity contribution in [3.8, 4) is 5.75 Å². The number of halogens is 1. The highest BCUT2D eigenvalue weighted by Crippen LogP contribution is 2.15. The normalized spacial score (nSPS) is 11.8. The minimum absolute atomic E-state index is 0.0275. The molecule has 0 saturated heterocycles. The molecule has 5 nitrogen and oxygen atoms in total. The van der Waals surface area contributed by atoms with Crippen molar-refractivity contribution in [2.45, 2.75) is 26.3 Å². The molecule has 0 bridgehead atoms. The number of benzene rings is 1. The van der Waals surface area contributed by atoms with Gasteiger partial charge >= 0.3 is 5.97 Å². The van der Waals surface area contributed by atoms with Crippen LogP contribution in [0.15, 0.2) is 24.3 Å². The van der Waals surface area contributed by atoms with E-state index in [1.807, 2.05) is 6.92 Å². The first kappa shape index (κ1) is 15.9. The van der Waals surface area contributed by atoms with Crippen LogP contribution in [0.1, 0.15) is 20.3 Å². The third-order valence-electron chi connectivity index (χ3n) is 2.94. The maximum Gasteiger partial charge on any atom is 0.323 e. The molecule has 0 aliphatic carbocycles. The molecule has 1 amide bonds. The Balaban J connectivity index is 2.67. The number of aliphatic carboxylic acids is 1. The molecule has 0 saturated carbocycles. The molecular formula is C14H18FNO4. The van der Waals surface area contributed by atoms with Crippen molar-refractivity contribution in [2.75, 3.05) is 13.2 Å². The lowest BCUT2D eigenvalue weighted by Gasteiger charge is -2.26. The van der Waals surface area contributed by atoms with Crippen LogP contribution in [0.5, 0.6) is 5.75 Å². The fourth-order valence-corrected chi connectivity index (χ4v) is 1.64. The summed E-state index contributed by atoms with van der Waals surface area (Å²) in [4.78, 5) is 24.0. The summed E-state index contributed by atoms with van der Waals surface area (Å²) in [6, 6.07) is 5.52. The molecule has 0 aromatic heterocycles. The third-order valence-corrected chi connectivity index (χ3v) is 2.94. The molecule has 20 heavy (non-hydrogen) atoms. The van der Waals surface area contributed by atoms with Crippen molar-refractivity contribution in [2.24, 2.45) is 0 Å². The third kappa shape index (κ3) is 4.53. The molecule has 0 aliphatic heterocycles. The summed E-state index contributed by atoms with van der Waals surface area (Å²) < 4.78 is 18.4. The van der Waals surface area contributed by atoms with Gasteiger partial charge in [0.1, 0.15) is 6.54 Å². The zero-order valence-electron chi connectivity index (χ0n) is 11.5. The van der Waals surface area contributed by atoms with E-state index in [2.05, 4.69) is 0 Å². The Labute approximate surface area is 117 Å². The number of hydrogen-bond donors (Lipinski definition) is 1. The predicted molar refractivity (Wildman–Crippen MR) is 71.0 cm³/mol. The number of carboxylic acids is 1. The van der Waals surface area contributed by atoms with Gasteiger partial charge < -0.3 is 14.7 Å². The summed E-state index contributed by atoms with van der Waals surface area (Å²) >= 11 is 0. The summed E-state index contributed by atoms with van der Waals surface area (Å²) in [5.41, 5.74) is 0. The molecule has 1 unspecified atom stereocenters. The second-order valence-electron chi connectivity index (χ2n) is 4.39. The van der Waals surface area contributed by atoms with Crippen molar-refractivity contribution in [3.63, 3.8) is 0 Å². The molecule has 1 aromatic rings. The molecule has 1 aromatic carbocycles. The average molecular weight is 283 g/mol. The number of hydrogen-bond acceptors (Lipinski definition) is 3. The van der Waals surface area contributed by atoms with E-state index in [4.69, 9.17) is 9.84 Å². The standard InChI is InChI=1S/C14H18FNO4/c1-3-10(2)16(8-14(18)19)13(17)9-20-12-7-5-4-6-11(12)15/h4-7,10H,3,8-9H2,1-2H3,(H,18,19). The van der Waals surface area contributed by atoms with Crippen LogP contribution < -0.4 is 4.74 Å². The van der Waals surface area contributed by atoms with Gasteiger partial charge in [0.25, 0.3) is 5.91 Å². The van der Waals surface area contributed by atoms with Gasteiger partial charge in [0.15, 0.2) is 18.2 Å². The summed E-state index contributed by atoms with van der Waals surface area (Å²) in [6.07, 6.45) is 0.624. The Hall–Kier alpha value is -2.11. The smallest absolute Gasteiger partial charge is 0.323 e. The molecule has 0 heterocycles. The summed E-state index contributed by atoms with van der Waals surface area (Å²) in [6.45, 7) is 2.82. The Morgan fingerprint density at radius 3 is 2.60 bits per heavy atom. The van der Waals surface area contributed by atoms with Gasteiger partial charge in [0.05, 0.1) is 0 Å². The number of ether oxygens (including phenoxy) is 1. The fourth-order valence-electron chi connectivity index (χ4n) is 1.64. The van der Waals surface area contributed by atoms with E-state index >= 15 is 0 Å². The van der Waals surface area contributed by atoms with Crippen LogP contribution in [-0.2, 0) is 9.59 Å². The lowest BCUT2D eigenvalue weighted by Crippen LogP contribution is -2.44. The molecule has 0 radical (unpaired) electrons. The lowest BCUT2D eigenvalue weighted by atomic mass is 10.2. The molecule has 6 heteroatoms.